The second kappa shape index (κ2) is 4.57. The van der Waals surface area contributed by atoms with E-state index < -0.39 is 0 Å². The van der Waals surface area contributed by atoms with E-state index in [1.807, 2.05) is 0 Å². The summed E-state index contributed by atoms with van der Waals surface area (Å²) in [6.45, 7) is 1.78. The molecule has 0 heterocycles. The van der Waals surface area contributed by atoms with E-state index in [4.69, 9.17) is 6.42 Å². The minimum atomic E-state index is -0.389. The van der Waals surface area contributed by atoms with E-state index >= 15 is 0 Å². The highest BCUT2D eigenvalue weighted by Crippen LogP contribution is 2.13. The Morgan fingerprint density at radius 1 is 1.57 bits per heavy atom. The molecule has 0 fully saturated rings. The zero-order valence-electron chi connectivity index (χ0n) is 8.01. The van der Waals surface area contributed by atoms with Crippen molar-refractivity contribution in [2.45, 2.75) is 19.8 Å². The van der Waals surface area contributed by atoms with Gasteiger partial charge < -0.3 is 0 Å². The van der Waals surface area contributed by atoms with E-state index in [-0.39, 0.29) is 18.0 Å². The SMILES string of the molecule is C#CCCC(=O)c1cc(F)ccc1C. The number of aryl methyl sites for hydroxylation is 1. The van der Waals surface area contributed by atoms with Crippen LogP contribution in [0.25, 0.3) is 0 Å². The molecular formula is C12H11FO. The van der Waals surface area contributed by atoms with Crippen molar-refractivity contribution in [3.63, 3.8) is 0 Å². The molecule has 0 atom stereocenters. The molecule has 0 N–H and O–H groups in total. The van der Waals surface area contributed by atoms with Crippen molar-refractivity contribution in [3.8, 4) is 12.3 Å². The van der Waals surface area contributed by atoms with E-state index in [9.17, 15) is 9.18 Å². The van der Waals surface area contributed by atoms with Crippen LogP contribution in [0.4, 0.5) is 4.39 Å². The van der Waals surface area contributed by atoms with Crippen molar-refractivity contribution in [3.05, 3.63) is 35.1 Å². The molecule has 1 rings (SSSR count). The molecule has 0 aliphatic heterocycles. The molecule has 0 bridgehead atoms. The molecule has 1 aromatic rings. The highest BCUT2D eigenvalue weighted by Gasteiger charge is 2.08. The molecule has 0 saturated carbocycles. The third-order valence-electron chi connectivity index (χ3n) is 2.00. The third-order valence-corrected chi connectivity index (χ3v) is 2.00. The summed E-state index contributed by atoms with van der Waals surface area (Å²) in [6, 6.07) is 4.19. The lowest BCUT2D eigenvalue weighted by Crippen LogP contribution is -2.01. The van der Waals surface area contributed by atoms with Gasteiger partial charge in [-0.2, -0.15) is 0 Å². The largest absolute Gasteiger partial charge is 0.294 e. The lowest BCUT2D eigenvalue weighted by atomic mass is 10.0. The average molecular weight is 190 g/mol. The zero-order chi connectivity index (χ0) is 10.6. The maximum Gasteiger partial charge on any atom is 0.164 e. The summed E-state index contributed by atoms with van der Waals surface area (Å²) in [4.78, 5) is 11.5. The lowest BCUT2D eigenvalue weighted by molar-refractivity contribution is 0.0983. The van der Waals surface area contributed by atoms with Crippen LogP contribution in [-0.2, 0) is 0 Å². The highest BCUT2D eigenvalue weighted by molar-refractivity contribution is 5.97. The van der Waals surface area contributed by atoms with Crippen molar-refractivity contribution in [1.82, 2.24) is 0 Å². The summed E-state index contributed by atoms with van der Waals surface area (Å²) in [6.07, 6.45) is 5.72. The Bertz CT molecular complexity index is 388. The van der Waals surface area contributed by atoms with Gasteiger partial charge in [-0.3, -0.25) is 4.79 Å². The maximum absolute atomic E-state index is 12.8. The number of rotatable bonds is 3. The molecule has 0 aliphatic carbocycles. The highest BCUT2D eigenvalue weighted by atomic mass is 19.1. The predicted octanol–water partition coefficient (Wildman–Crippen LogP) is 2.73. The van der Waals surface area contributed by atoms with Crippen molar-refractivity contribution >= 4 is 5.78 Å². The molecule has 0 unspecified atom stereocenters. The smallest absolute Gasteiger partial charge is 0.164 e. The van der Waals surface area contributed by atoms with Gasteiger partial charge in [0.1, 0.15) is 5.82 Å². The van der Waals surface area contributed by atoms with Crippen molar-refractivity contribution in [2.75, 3.05) is 0 Å². The molecule has 0 spiro atoms. The maximum atomic E-state index is 12.8. The first-order chi connectivity index (χ1) is 6.65. The molecule has 2 heteroatoms. The number of halogens is 1. The first-order valence-corrected chi connectivity index (χ1v) is 4.38. The van der Waals surface area contributed by atoms with E-state index in [1.54, 1.807) is 13.0 Å². The Hall–Kier alpha value is -1.62. The number of benzene rings is 1. The van der Waals surface area contributed by atoms with Gasteiger partial charge in [0.15, 0.2) is 5.78 Å². The standard InChI is InChI=1S/C12H11FO/c1-3-4-5-12(14)11-8-10(13)7-6-9(11)2/h1,6-8H,4-5H2,2H3. The molecule has 14 heavy (non-hydrogen) atoms. The fourth-order valence-corrected chi connectivity index (χ4v) is 1.22. The Balaban J connectivity index is 2.90. The van der Waals surface area contributed by atoms with Crippen LogP contribution >= 0.6 is 0 Å². The lowest BCUT2D eigenvalue weighted by Gasteiger charge is -2.03. The zero-order valence-corrected chi connectivity index (χ0v) is 8.01. The van der Waals surface area contributed by atoms with E-state index in [0.29, 0.717) is 12.0 Å². The van der Waals surface area contributed by atoms with Crippen LogP contribution in [-0.4, -0.2) is 5.78 Å². The number of ketones is 1. The molecule has 0 saturated heterocycles. The van der Waals surface area contributed by atoms with Gasteiger partial charge in [-0.05, 0) is 24.6 Å². The van der Waals surface area contributed by atoms with Crippen LogP contribution in [0, 0.1) is 25.1 Å². The number of carbonyl (C=O) groups is 1. The first kappa shape index (κ1) is 10.5. The number of carbonyl (C=O) groups excluding carboxylic acids is 1. The summed E-state index contributed by atoms with van der Waals surface area (Å²) in [5, 5.41) is 0. The summed E-state index contributed by atoms with van der Waals surface area (Å²) in [5.74, 6) is 1.90. The van der Waals surface area contributed by atoms with Gasteiger partial charge in [0.05, 0.1) is 0 Å². The Labute approximate surface area is 82.9 Å². The van der Waals surface area contributed by atoms with Gasteiger partial charge in [-0.1, -0.05) is 6.07 Å². The van der Waals surface area contributed by atoms with Crippen LogP contribution in [0.3, 0.4) is 0 Å². The van der Waals surface area contributed by atoms with E-state index in [0.717, 1.165) is 5.56 Å². The number of hydrogen-bond donors (Lipinski definition) is 0. The fraction of sp³-hybridized carbons (Fsp3) is 0.250. The van der Waals surface area contributed by atoms with E-state index in [2.05, 4.69) is 5.92 Å². The van der Waals surface area contributed by atoms with Crippen LogP contribution in [0.1, 0.15) is 28.8 Å². The number of terminal acetylenes is 1. The molecule has 72 valence electrons. The second-order valence-corrected chi connectivity index (χ2v) is 3.09. The van der Waals surface area contributed by atoms with Crippen LogP contribution < -0.4 is 0 Å². The van der Waals surface area contributed by atoms with Crippen LogP contribution in [0.2, 0.25) is 0 Å². The Morgan fingerprint density at radius 3 is 2.93 bits per heavy atom. The number of Topliss-reactive ketones (excluding diaryl/α,β-unsaturated/α-hetero) is 1. The summed E-state index contributed by atoms with van der Waals surface area (Å²) in [5.41, 5.74) is 1.22. The molecular weight excluding hydrogens is 179 g/mol. The predicted molar refractivity (Wildman–Crippen MR) is 53.5 cm³/mol. The fourth-order valence-electron chi connectivity index (χ4n) is 1.22. The van der Waals surface area contributed by atoms with Gasteiger partial charge in [0.2, 0.25) is 0 Å². The van der Waals surface area contributed by atoms with Crippen LogP contribution in [0.15, 0.2) is 18.2 Å². The van der Waals surface area contributed by atoms with Gasteiger partial charge in [0, 0.05) is 18.4 Å². The quantitative estimate of drug-likeness (QED) is 0.529. The normalized spacial score (nSPS) is 9.50. The van der Waals surface area contributed by atoms with Gasteiger partial charge in [-0.25, -0.2) is 4.39 Å². The molecule has 0 amide bonds. The summed E-state index contributed by atoms with van der Waals surface area (Å²) >= 11 is 0. The minimum absolute atomic E-state index is 0.0973. The summed E-state index contributed by atoms with van der Waals surface area (Å²) in [7, 11) is 0. The minimum Gasteiger partial charge on any atom is -0.294 e. The second-order valence-electron chi connectivity index (χ2n) is 3.09. The third kappa shape index (κ3) is 2.43. The first-order valence-electron chi connectivity index (χ1n) is 4.38. The van der Waals surface area contributed by atoms with Gasteiger partial charge in [0.25, 0.3) is 0 Å². The van der Waals surface area contributed by atoms with Gasteiger partial charge in [-0.15, -0.1) is 12.3 Å². The average Bonchev–Trinajstić information content (AvgIpc) is 2.18. The monoisotopic (exact) mass is 190 g/mol. The number of hydrogen-bond acceptors (Lipinski definition) is 1. The van der Waals surface area contributed by atoms with Crippen molar-refractivity contribution in [2.24, 2.45) is 0 Å². The van der Waals surface area contributed by atoms with Crippen LogP contribution in [0.5, 0.6) is 0 Å². The molecule has 0 radical (unpaired) electrons. The molecule has 1 aromatic carbocycles. The van der Waals surface area contributed by atoms with Gasteiger partial charge >= 0.3 is 0 Å². The molecule has 1 nitrogen and oxygen atoms in total. The van der Waals surface area contributed by atoms with E-state index in [1.165, 1.54) is 12.1 Å². The Morgan fingerprint density at radius 2 is 2.29 bits per heavy atom. The van der Waals surface area contributed by atoms with Crippen molar-refractivity contribution < 1.29 is 9.18 Å². The Kier molecular flexibility index (Phi) is 3.41. The topological polar surface area (TPSA) is 17.1 Å². The molecule has 0 aliphatic rings. The summed E-state index contributed by atoms with van der Waals surface area (Å²) < 4.78 is 12.8. The molecule has 0 aromatic heterocycles. The van der Waals surface area contributed by atoms with Crippen molar-refractivity contribution in [1.29, 1.82) is 0 Å².